The highest BCUT2D eigenvalue weighted by Crippen LogP contribution is 2.36. The number of fused-ring (bicyclic) bond motifs is 1. The zero-order valence-corrected chi connectivity index (χ0v) is 17.6. The molecule has 0 bridgehead atoms. The van der Waals surface area contributed by atoms with Crippen LogP contribution in [0.5, 0.6) is 0 Å². The first kappa shape index (κ1) is 20.7. The van der Waals surface area contributed by atoms with Gasteiger partial charge in [-0.3, -0.25) is 9.20 Å². The predicted molar refractivity (Wildman–Crippen MR) is 113 cm³/mol. The fraction of sp³-hybridized carbons (Fsp3) is 0.429. The summed E-state index contributed by atoms with van der Waals surface area (Å²) in [6, 6.07) is 4.51. The number of amides is 1. The number of benzene rings is 1. The molecule has 1 atom stereocenters. The summed E-state index contributed by atoms with van der Waals surface area (Å²) in [6.07, 6.45) is 6.67. The van der Waals surface area contributed by atoms with E-state index in [0.29, 0.717) is 28.3 Å². The summed E-state index contributed by atoms with van der Waals surface area (Å²) < 4.78 is 16.2. The monoisotopic (exact) mass is 430 g/mol. The van der Waals surface area contributed by atoms with Gasteiger partial charge in [0, 0.05) is 48.6 Å². The number of hydrogen-bond acceptors (Lipinski definition) is 5. The van der Waals surface area contributed by atoms with Gasteiger partial charge < -0.3 is 10.2 Å². The Morgan fingerprint density at radius 3 is 2.87 bits per heavy atom. The number of aryl methyl sites for hydroxylation is 1. The van der Waals surface area contributed by atoms with Gasteiger partial charge in [0.05, 0.1) is 0 Å². The summed E-state index contributed by atoms with van der Waals surface area (Å²) in [5, 5.41) is 11.4. The molecule has 0 radical (unpaired) electrons. The lowest BCUT2D eigenvalue weighted by Crippen LogP contribution is -2.47. The van der Waals surface area contributed by atoms with Gasteiger partial charge in [-0.05, 0) is 56.5 Å². The standard InChI is InChI=1S/C21H23FN6O.ClH/c1-14-25-26-20-24-10-17(11-28(14)20)15-7-16(9-18(22)8-15)19(29)27-6-2-3-21(13-27)4-5-23-12-21;/h7-11,23H,2-6,12-13H2,1H3;1H. The molecule has 5 rings (SSSR count). The van der Waals surface area contributed by atoms with Crippen LogP contribution in [0.15, 0.2) is 30.6 Å². The number of halogens is 2. The van der Waals surface area contributed by atoms with Crippen LogP contribution in [0.25, 0.3) is 16.9 Å². The highest BCUT2D eigenvalue weighted by Gasteiger charge is 2.39. The number of nitrogens with zero attached hydrogens (tertiary/aromatic N) is 5. The number of carbonyl (C=O) groups is 1. The Labute approximate surface area is 180 Å². The van der Waals surface area contributed by atoms with Crippen LogP contribution in [-0.4, -0.2) is 56.6 Å². The van der Waals surface area contributed by atoms with Gasteiger partial charge in [-0.15, -0.1) is 22.6 Å². The second-order valence-corrected chi connectivity index (χ2v) is 8.25. The lowest BCUT2D eigenvalue weighted by Gasteiger charge is -2.40. The highest BCUT2D eigenvalue weighted by molar-refractivity contribution is 5.95. The second kappa shape index (κ2) is 7.92. The first-order valence-electron chi connectivity index (χ1n) is 10.0. The van der Waals surface area contributed by atoms with Gasteiger partial charge in [-0.2, -0.15) is 0 Å². The van der Waals surface area contributed by atoms with E-state index in [0.717, 1.165) is 45.4 Å². The van der Waals surface area contributed by atoms with Crippen LogP contribution in [0.3, 0.4) is 0 Å². The number of likely N-dealkylation sites (tertiary alicyclic amines) is 1. The Kier molecular flexibility index (Phi) is 5.46. The molecule has 1 unspecified atom stereocenters. The van der Waals surface area contributed by atoms with Crippen LogP contribution in [0.2, 0.25) is 0 Å². The third-order valence-corrected chi connectivity index (χ3v) is 6.19. The molecule has 1 aromatic carbocycles. The number of nitrogens with one attached hydrogen (secondary N) is 1. The van der Waals surface area contributed by atoms with E-state index in [1.54, 1.807) is 16.7 Å². The lowest BCUT2D eigenvalue weighted by molar-refractivity contribution is 0.0553. The maximum atomic E-state index is 14.4. The van der Waals surface area contributed by atoms with Crippen LogP contribution >= 0.6 is 12.4 Å². The Morgan fingerprint density at radius 2 is 2.07 bits per heavy atom. The molecular formula is C21H24ClFN6O. The van der Waals surface area contributed by atoms with Gasteiger partial charge >= 0.3 is 0 Å². The third-order valence-electron chi connectivity index (χ3n) is 6.19. The van der Waals surface area contributed by atoms with E-state index in [1.165, 1.54) is 12.1 Å². The summed E-state index contributed by atoms with van der Waals surface area (Å²) >= 11 is 0. The second-order valence-electron chi connectivity index (χ2n) is 8.25. The van der Waals surface area contributed by atoms with Crippen molar-refractivity contribution in [3.63, 3.8) is 0 Å². The van der Waals surface area contributed by atoms with Crippen LogP contribution in [0, 0.1) is 18.2 Å². The average Bonchev–Trinajstić information content (AvgIpc) is 3.33. The number of carbonyl (C=O) groups excluding carboxylic acids is 1. The van der Waals surface area contributed by atoms with Crippen molar-refractivity contribution < 1.29 is 9.18 Å². The van der Waals surface area contributed by atoms with Crippen molar-refractivity contribution >= 4 is 24.1 Å². The van der Waals surface area contributed by atoms with Gasteiger partial charge in [0.2, 0.25) is 0 Å². The highest BCUT2D eigenvalue weighted by atomic mass is 35.5. The van der Waals surface area contributed by atoms with E-state index in [-0.39, 0.29) is 23.7 Å². The molecule has 9 heteroatoms. The number of hydrogen-bond donors (Lipinski definition) is 1. The fourth-order valence-electron chi connectivity index (χ4n) is 4.63. The first-order valence-corrected chi connectivity index (χ1v) is 10.0. The number of rotatable bonds is 2. The van der Waals surface area contributed by atoms with Crippen LogP contribution < -0.4 is 5.32 Å². The minimum Gasteiger partial charge on any atom is -0.338 e. The van der Waals surface area contributed by atoms with Crippen molar-refractivity contribution in [2.24, 2.45) is 5.41 Å². The molecule has 0 aliphatic carbocycles. The SMILES string of the molecule is Cc1nnc2ncc(-c3cc(F)cc(C(=O)N4CCCC5(CCNC5)C4)c3)cn12.Cl. The van der Waals surface area contributed by atoms with Crippen molar-refractivity contribution in [1.29, 1.82) is 0 Å². The summed E-state index contributed by atoms with van der Waals surface area (Å²) in [6.45, 7) is 5.24. The summed E-state index contributed by atoms with van der Waals surface area (Å²) in [5.74, 6) is 0.653. The number of piperidine rings is 1. The van der Waals surface area contributed by atoms with Gasteiger partial charge in [0.1, 0.15) is 11.6 Å². The quantitative estimate of drug-likeness (QED) is 0.676. The van der Waals surface area contributed by atoms with E-state index in [1.807, 2.05) is 18.0 Å². The molecule has 1 spiro atoms. The summed E-state index contributed by atoms with van der Waals surface area (Å²) in [7, 11) is 0. The topological polar surface area (TPSA) is 75.4 Å². The van der Waals surface area contributed by atoms with Crippen LogP contribution in [0.1, 0.15) is 35.4 Å². The van der Waals surface area contributed by atoms with E-state index in [4.69, 9.17) is 0 Å². The van der Waals surface area contributed by atoms with E-state index in [9.17, 15) is 9.18 Å². The maximum absolute atomic E-state index is 14.4. The van der Waals surface area contributed by atoms with E-state index >= 15 is 0 Å². The average molecular weight is 431 g/mol. The lowest BCUT2D eigenvalue weighted by atomic mass is 9.79. The Hall–Kier alpha value is -2.58. The molecular weight excluding hydrogens is 407 g/mol. The Morgan fingerprint density at radius 1 is 1.20 bits per heavy atom. The molecule has 2 saturated heterocycles. The van der Waals surface area contributed by atoms with E-state index < -0.39 is 5.82 Å². The van der Waals surface area contributed by atoms with Gasteiger partial charge in [0.25, 0.3) is 11.7 Å². The van der Waals surface area contributed by atoms with Crippen molar-refractivity contribution in [3.8, 4) is 11.1 Å². The van der Waals surface area contributed by atoms with Gasteiger partial charge in [-0.1, -0.05) is 0 Å². The Bertz CT molecular complexity index is 1090. The van der Waals surface area contributed by atoms with Crippen molar-refractivity contribution in [1.82, 2.24) is 29.8 Å². The zero-order valence-electron chi connectivity index (χ0n) is 16.8. The molecule has 7 nitrogen and oxygen atoms in total. The normalized spacial score (nSPS) is 21.2. The molecule has 2 aliphatic heterocycles. The molecule has 2 aliphatic rings. The third kappa shape index (κ3) is 3.65. The minimum atomic E-state index is -0.430. The van der Waals surface area contributed by atoms with Crippen molar-refractivity contribution in [3.05, 3.63) is 47.8 Å². The molecule has 3 aromatic rings. The summed E-state index contributed by atoms with van der Waals surface area (Å²) in [4.78, 5) is 19.4. The molecule has 2 aromatic heterocycles. The van der Waals surface area contributed by atoms with Crippen molar-refractivity contribution in [2.75, 3.05) is 26.2 Å². The molecule has 30 heavy (non-hydrogen) atoms. The molecule has 158 valence electrons. The van der Waals surface area contributed by atoms with Gasteiger partial charge in [0.15, 0.2) is 0 Å². The molecule has 0 saturated carbocycles. The zero-order chi connectivity index (χ0) is 20.0. The maximum Gasteiger partial charge on any atom is 0.254 e. The summed E-state index contributed by atoms with van der Waals surface area (Å²) in [5.41, 5.74) is 1.88. The first-order chi connectivity index (χ1) is 14.0. The molecule has 1 N–H and O–H groups in total. The van der Waals surface area contributed by atoms with Crippen LogP contribution in [0.4, 0.5) is 4.39 Å². The molecule has 4 heterocycles. The number of aromatic nitrogens is 4. The minimum absolute atomic E-state index is 0. The Balaban J connectivity index is 0.00000218. The van der Waals surface area contributed by atoms with Crippen LogP contribution in [-0.2, 0) is 0 Å². The van der Waals surface area contributed by atoms with Crippen molar-refractivity contribution in [2.45, 2.75) is 26.2 Å². The largest absolute Gasteiger partial charge is 0.338 e. The molecule has 1 amide bonds. The van der Waals surface area contributed by atoms with Gasteiger partial charge in [-0.25, -0.2) is 9.37 Å². The van der Waals surface area contributed by atoms with E-state index in [2.05, 4.69) is 20.5 Å². The predicted octanol–water partition coefficient (Wildman–Crippen LogP) is 2.88. The fourth-order valence-corrected chi connectivity index (χ4v) is 4.63. The smallest absolute Gasteiger partial charge is 0.254 e. The molecule has 2 fully saturated rings.